The zero-order chi connectivity index (χ0) is 32.5. The van der Waals surface area contributed by atoms with Gasteiger partial charge in [-0.25, -0.2) is 8.42 Å². The van der Waals surface area contributed by atoms with Crippen LogP contribution in [0, 0.1) is 0 Å². The van der Waals surface area contributed by atoms with Crippen LogP contribution in [0.25, 0.3) is 0 Å². The molecule has 2 aliphatic rings. The second kappa shape index (κ2) is 16.0. The normalized spacial score (nSPS) is 18.2. The van der Waals surface area contributed by atoms with E-state index >= 15 is 0 Å². The maximum Gasteiger partial charge on any atom is 0.224 e. The minimum Gasteiger partial charge on any atom is -0.492 e. The highest BCUT2D eigenvalue weighted by Crippen LogP contribution is 2.29. The summed E-state index contributed by atoms with van der Waals surface area (Å²) >= 11 is 0. The number of nitrogens with one attached hydrogen (secondary N) is 1. The van der Waals surface area contributed by atoms with Gasteiger partial charge in [-0.2, -0.15) is 0 Å². The van der Waals surface area contributed by atoms with E-state index in [-0.39, 0.29) is 40.8 Å². The van der Waals surface area contributed by atoms with Crippen molar-refractivity contribution in [1.29, 1.82) is 0 Å². The topological polar surface area (TPSA) is 105 Å². The molecule has 0 spiro atoms. The molecule has 2 fully saturated rings. The Kier molecular flexibility index (Phi) is 11.9. The number of piperazine rings is 1. The van der Waals surface area contributed by atoms with E-state index in [9.17, 15) is 13.2 Å². The largest absolute Gasteiger partial charge is 0.492 e. The van der Waals surface area contributed by atoms with Crippen LogP contribution in [0.5, 0.6) is 5.75 Å². The molecule has 1 aliphatic carbocycles. The fraction of sp³-hybridized carbons (Fsp3) is 0.486. The minimum atomic E-state index is -3.72. The summed E-state index contributed by atoms with van der Waals surface area (Å²) in [5.41, 5.74) is 9.07. The number of sulfone groups is 1. The number of nitrogens with two attached hydrogens (primary N) is 1. The Morgan fingerprint density at radius 3 is 2.30 bits per heavy atom. The van der Waals surface area contributed by atoms with E-state index in [1.54, 1.807) is 36.4 Å². The van der Waals surface area contributed by atoms with Gasteiger partial charge in [-0.1, -0.05) is 61.7 Å². The molecule has 9 heteroatoms. The number of nitrogens with zero attached hydrogens (tertiary/aromatic N) is 2. The van der Waals surface area contributed by atoms with Crippen LogP contribution in [0.3, 0.4) is 0 Å². The molecule has 8 nitrogen and oxygen atoms in total. The molecule has 3 aromatic carbocycles. The van der Waals surface area contributed by atoms with Crippen molar-refractivity contribution in [2.75, 3.05) is 39.3 Å². The average Bonchev–Trinajstić information content (AvgIpc) is 3.07. The molecular weight excluding hydrogens is 596 g/mol. The molecule has 0 unspecified atom stereocenters. The van der Waals surface area contributed by atoms with Crippen molar-refractivity contribution in [3.05, 3.63) is 89.5 Å². The van der Waals surface area contributed by atoms with Gasteiger partial charge in [0.1, 0.15) is 12.4 Å². The third-order valence-electron chi connectivity index (χ3n) is 9.38. The predicted molar refractivity (Wildman–Crippen MR) is 183 cm³/mol. The first-order valence-corrected chi connectivity index (χ1v) is 18.3. The van der Waals surface area contributed by atoms with Gasteiger partial charge in [0.2, 0.25) is 15.7 Å². The molecule has 0 aromatic heterocycles. The van der Waals surface area contributed by atoms with Gasteiger partial charge in [0, 0.05) is 44.3 Å². The van der Waals surface area contributed by atoms with E-state index < -0.39 is 9.84 Å². The Morgan fingerprint density at radius 2 is 1.59 bits per heavy atom. The number of rotatable bonds is 13. The molecule has 1 heterocycles. The molecule has 1 aliphatic heterocycles. The van der Waals surface area contributed by atoms with E-state index in [1.807, 2.05) is 43.3 Å². The lowest BCUT2D eigenvalue weighted by Crippen LogP contribution is -2.51. The van der Waals surface area contributed by atoms with E-state index in [0.717, 1.165) is 55.3 Å². The molecule has 2 atom stereocenters. The van der Waals surface area contributed by atoms with Crippen LogP contribution in [0.4, 0.5) is 0 Å². The van der Waals surface area contributed by atoms with Crippen molar-refractivity contribution in [3.63, 3.8) is 0 Å². The van der Waals surface area contributed by atoms with Crippen molar-refractivity contribution >= 4 is 15.7 Å². The van der Waals surface area contributed by atoms with E-state index in [1.165, 1.54) is 32.1 Å². The van der Waals surface area contributed by atoms with Crippen molar-refractivity contribution in [3.8, 4) is 5.75 Å². The fourth-order valence-electron chi connectivity index (χ4n) is 6.79. The first kappa shape index (κ1) is 34.1. The summed E-state index contributed by atoms with van der Waals surface area (Å²) in [6, 6.07) is 22.8. The van der Waals surface area contributed by atoms with E-state index in [4.69, 9.17) is 10.5 Å². The minimum absolute atomic E-state index is 0.0613. The quantitative estimate of drug-likeness (QED) is 0.247. The van der Waals surface area contributed by atoms with Gasteiger partial charge < -0.3 is 15.8 Å². The monoisotopic (exact) mass is 646 g/mol. The maximum atomic E-state index is 13.5. The average molecular weight is 647 g/mol. The zero-order valence-electron chi connectivity index (χ0n) is 27.4. The van der Waals surface area contributed by atoms with Crippen molar-refractivity contribution in [1.82, 2.24) is 15.1 Å². The number of benzene rings is 3. The van der Waals surface area contributed by atoms with Crippen molar-refractivity contribution in [2.45, 2.75) is 86.7 Å². The lowest BCUT2D eigenvalue weighted by atomic mass is 9.93. The summed E-state index contributed by atoms with van der Waals surface area (Å²) in [6.07, 6.45) is 7.82. The van der Waals surface area contributed by atoms with Crippen LogP contribution >= 0.6 is 0 Å². The molecule has 46 heavy (non-hydrogen) atoms. The van der Waals surface area contributed by atoms with Gasteiger partial charge in [0.05, 0.1) is 22.8 Å². The van der Waals surface area contributed by atoms with Crippen LogP contribution in [-0.4, -0.2) is 75.5 Å². The van der Waals surface area contributed by atoms with Gasteiger partial charge in [-0.3, -0.25) is 14.6 Å². The Labute approximate surface area is 275 Å². The Balaban J connectivity index is 1.10. The van der Waals surface area contributed by atoms with Gasteiger partial charge in [-0.15, -0.1) is 0 Å². The number of carbonyl (C=O) groups excluding carboxylic acids is 1. The summed E-state index contributed by atoms with van der Waals surface area (Å²) in [5.74, 6) is 0.342. The molecule has 1 saturated heterocycles. The molecule has 3 aromatic rings. The van der Waals surface area contributed by atoms with Crippen molar-refractivity contribution in [2.24, 2.45) is 5.73 Å². The van der Waals surface area contributed by atoms with Gasteiger partial charge in [0.15, 0.2) is 0 Å². The Hall–Kier alpha value is -3.24. The third kappa shape index (κ3) is 9.18. The number of amides is 1. The predicted octanol–water partition coefficient (Wildman–Crippen LogP) is 5.16. The van der Waals surface area contributed by atoms with Crippen LogP contribution in [-0.2, 0) is 27.5 Å². The highest BCUT2D eigenvalue weighted by Gasteiger charge is 2.28. The van der Waals surface area contributed by atoms with Gasteiger partial charge in [-0.05, 0) is 80.1 Å². The zero-order valence-corrected chi connectivity index (χ0v) is 28.2. The third-order valence-corrected chi connectivity index (χ3v) is 11.2. The first-order chi connectivity index (χ1) is 22.2. The van der Waals surface area contributed by atoms with Crippen molar-refractivity contribution < 1.29 is 17.9 Å². The molecule has 1 amide bonds. The summed E-state index contributed by atoms with van der Waals surface area (Å²) in [4.78, 5) is 18.1. The van der Waals surface area contributed by atoms with E-state index in [2.05, 4.69) is 22.0 Å². The summed E-state index contributed by atoms with van der Waals surface area (Å²) < 4.78 is 32.8. The molecule has 3 N–H and O–H groups in total. The molecule has 248 valence electrons. The molecule has 0 bridgehead atoms. The van der Waals surface area contributed by atoms with Crippen LogP contribution < -0.4 is 15.8 Å². The van der Waals surface area contributed by atoms with Crippen LogP contribution in [0.1, 0.15) is 68.7 Å². The van der Waals surface area contributed by atoms with Gasteiger partial charge >= 0.3 is 0 Å². The lowest BCUT2D eigenvalue weighted by Gasteiger charge is -2.42. The summed E-state index contributed by atoms with van der Waals surface area (Å²) in [6.45, 7) is 9.00. The SMILES string of the molecule is C[C@@H](N)Cc1cccc(CC(=O)NCCOc2cccc(S(=O)(=O)c3ccc([C@H](C)N4CCN(C5CCCCC5)CC4)cc3)c2)c1. The lowest BCUT2D eigenvalue weighted by molar-refractivity contribution is -0.120. The number of carbonyl (C=O) groups is 1. The Bertz CT molecular complexity index is 1530. The highest BCUT2D eigenvalue weighted by atomic mass is 32.2. The maximum absolute atomic E-state index is 13.5. The number of hydrogen-bond acceptors (Lipinski definition) is 7. The van der Waals surface area contributed by atoms with Gasteiger partial charge in [0.25, 0.3) is 0 Å². The fourth-order valence-corrected chi connectivity index (χ4v) is 8.08. The number of ether oxygens (including phenoxy) is 1. The smallest absolute Gasteiger partial charge is 0.224 e. The Morgan fingerprint density at radius 1 is 0.891 bits per heavy atom. The standard InChI is InChI=1S/C37H50N4O4S/c1-28(38)24-30-8-6-9-31(25-30)26-37(42)39-18-23-45-34-12-7-13-36(27-34)46(43,44)35-16-14-32(15-17-35)29(2)40-19-21-41(22-20-40)33-10-4-3-5-11-33/h6-9,12-17,25,27-29,33H,3-5,10-11,18-24,26,38H2,1-2H3,(H,39,42)/t28-,29+/m1/s1. The molecule has 1 saturated carbocycles. The second-order valence-electron chi connectivity index (χ2n) is 13.0. The van der Waals surface area contributed by atoms with Crippen LogP contribution in [0.15, 0.2) is 82.6 Å². The molecule has 5 rings (SSSR count). The molecule has 0 radical (unpaired) electrons. The summed E-state index contributed by atoms with van der Waals surface area (Å²) in [7, 11) is -3.72. The van der Waals surface area contributed by atoms with E-state index in [0.29, 0.717) is 12.3 Å². The highest BCUT2D eigenvalue weighted by molar-refractivity contribution is 7.91. The van der Waals surface area contributed by atoms with Crippen LogP contribution in [0.2, 0.25) is 0 Å². The first-order valence-electron chi connectivity index (χ1n) is 16.8. The molecular formula is C37H50N4O4S. The number of hydrogen-bond donors (Lipinski definition) is 2. The second-order valence-corrected chi connectivity index (χ2v) is 14.9. The summed E-state index contributed by atoms with van der Waals surface area (Å²) in [5, 5.41) is 2.87.